The Labute approximate surface area is 182 Å². The van der Waals surface area contributed by atoms with E-state index < -0.39 is 0 Å². The number of anilines is 1. The highest BCUT2D eigenvalue weighted by Gasteiger charge is 2.23. The zero-order valence-corrected chi connectivity index (χ0v) is 17.3. The number of phenols is 1. The molecule has 3 aromatic carbocycles. The van der Waals surface area contributed by atoms with Gasteiger partial charge in [0.1, 0.15) is 11.4 Å². The highest BCUT2D eigenvalue weighted by molar-refractivity contribution is 6.39. The van der Waals surface area contributed by atoms with Gasteiger partial charge in [0.2, 0.25) is 17.7 Å². The summed E-state index contributed by atoms with van der Waals surface area (Å²) < 4.78 is 5.95. The van der Waals surface area contributed by atoms with Gasteiger partial charge in [0.15, 0.2) is 0 Å². The number of amides is 1. The molecule has 0 aliphatic heterocycles. The second-order valence-corrected chi connectivity index (χ2v) is 7.38. The van der Waals surface area contributed by atoms with Crippen molar-refractivity contribution in [3.05, 3.63) is 76.8 Å². The number of aromatic hydroxyl groups is 1. The fourth-order valence-electron chi connectivity index (χ4n) is 3.17. The molecule has 0 bridgehead atoms. The largest absolute Gasteiger partial charge is 0.508 e. The Hall–Kier alpha value is -3.28. The summed E-state index contributed by atoms with van der Waals surface area (Å²) in [7, 11) is 0. The van der Waals surface area contributed by atoms with E-state index in [0.29, 0.717) is 26.9 Å². The van der Waals surface area contributed by atoms with Crippen LogP contribution in [0.1, 0.15) is 6.92 Å². The summed E-state index contributed by atoms with van der Waals surface area (Å²) in [4.78, 5) is 16.4. The summed E-state index contributed by atoms with van der Waals surface area (Å²) >= 11 is 12.7. The van der Waals surface area contributed by atoms with Gasteiger partial charge in [-0.1, -0.05) is 59.6 Å². The van der Waals surface area contributed by atoms with Crippen molar-refractivity contribution in [2.45, 2.75) is 6.92 Å². The molecule has 0 spiro atoms. The molecule has 150 valence electrons. The number of aromatic nitrogens is 1. The number of carbonyl (C=O) groups excluding carboxylic acids is 1. The number of hydrogen-bond donors (Lipinski definition) is 2. The summed E-state index contributed by atoms with van der Waals surface area (Å²) in [5, 5.41) is 13.3. The van der Waals surface area contributed by atoms with E-state index in [9.17, 15) is 9.90 Å². The van der Waals surface area contributed by atoms with Gasteiger partial charge >= 0.3 is 0 Å². The lowest BCUT2D eigenvalue weighted by atomic mass is 9.99. The van der Waals surface area contributed by atoms with Gasteiger partial charge < -0.3 is 9.52 Å². The van der Waals surface area contributed by atoms with Crippen LogP contribution in [0, 0.1) is 0 Å². The molecule has 0 saturated heterocycles. The van der Waals surface area contributed by atoms with Crippen LogP contribution in [-0.2, 0) is 4.79 Å². The van der Waals surface area contributed by atoms with Gasteiger partial charge in [0, 0.05) is 18.1 Å². The molecule has 0 fully saturated rings. The first-order chi connectivity index (χ1) is 14.4. The van der Waals surface area contributed by atoms with E-state index in [4.69, 9.17) is 27.6 Å². The van der Waals surface area contributed by atoms with Gasteiger partial charge in [-0.25, -0.2) is 4.98 Å². The van der Waals surface area contributed by atoms with Crippen molar-refractivity contribution in [3.63, 3.8) is 0 Å². The van der Waals surface area contributed by atoms with Crippen LogP contribution in [0.15, 0.2) is 71.1 Å². The lowest BCUT2D eigenvalue weighted by Gasteiger charge is -2.07. The van der Waals surface area contributed by atoms with Crippen LogP contribution in [0.4, 0.5) is 5.88 Å². The van der Waals surface area contributed by atoms with Crippen molar-refractivity contribution in [1.29, 1.82) is 0 Å². The maximum Gasteiger partial charge on any atom is 0.229 e. The topological polar surface area (TPSA) is 75.4 Å². The minimum Gasteiger partial charge on any atom is -0.508 e. The number of hydrogen-bond acceptors (Lipinski definition) is 4. The number of phenolic OH excluding ortho intramolecular Hbond substituents is 1. The van der Waals surface area contributed by atoms with Crippen molar-refractivity contribution in [2.24, 2.45) is 0 Å². The fourth-order valence-corrected chi connectivity index (χ4v) is 3.74. The van der Waals surface area contributed by atoms with Crippen LogP contribution in [0.5, 0.6) is 5.75 Å². The van der Waals surface area contributed by atoms with Crippen LogP contribution in [0.2, 0.25) is 10.0 Å². The number of carbonyl (C=O) groups is 1. The number of halogens is 2. The molecular weight excluding hydrogens is 423 g/mol. The van der Waals surface area contributed by atoms with Gasteiger partial charge in [0.25, 0.3) is 0 Å². The Balaban J connectivity index is 1.92. The molecule has 0 aliphatic carbocycles. The third-order valence-electron chi connectivity index (χ3n) is 4.43. The Morgan fingerprint density at radius 1 is 0.967 bits per heavy atom. The molecule has 7 heteroatoms. The molecule has 4 rings (SSSR count). The molecule has 0 radical (unpaired) electrons. The van der Waals surface area contributed by atoms with Gasteiger partial charge in [-0.15, -0.1) is 0 Å². The van der Waals surface area contributed by atoms with Gasteiger partial charge in [-0.3, -0.25) is 10.1 Å². The maximum atomic E-state index is 11.7. The Morgan fingerprint density at radius 2 is 1.63 bits per heavy atom. The molecule has 5 nitrogen and oxygen atoms in total. The number of benzene rings is 3. The van der Waals surface area contributed by atoms with Gasteiger partial charge in [-0.05, 0) is 41.5 Å². The minimum absolute atomic E-state index is 0.150. The van der Waals surface area contributed by atoms with Crippen LogP contribution in [-0.4, -0.2) is 16.0 Å². The molecule has 0 saturated carbocycles. The van der Waals surface area contributed by atoms with Crippen molar-refractivity contribution in [3.8, 4) is 39.6 Å². The van der Waals surface area contributed by atoms with E-state index in [1.165, 1.54) is 6.92 Å². The molecule has 1 heterocycles. The molecule has 4 aromatic rings. The van der Waals surface area contributed by atoms with Crippen molar-refractivity contribution in [1.82, 2.24) is 4.98 Å². The predicted molar refractivity (Wildman–Crippen MR) is 119 cm³/mol. The average Bonchev–Trinajstić information content (AvgIpc) is 3.10. The number of rotatable bonds is 4. The van der Waals surface area contributed by atoms with E-state index in [2.05, 4.69) is 10.3 Å². The summed E-state index contributed by atoms with van der Waals surface area (Å²) in [6.07, 6.45) is 0. The normalized spacial score (nSPS) is 10.8. The molecule has 0 aliphatic rings. The average molecular weight is 439 g/mol. The maximum absolute atomic E-state index is 11.7. The first kappa shape index (κ1) is 20.0. The lowest BCUT2D eigenvalue weighted by Crippen LogP contribution is -2.06. The highest BCUT2D eigenvalue weighted by Crippen LogP contribution is 2.42. The predicted octanol–water partition coefficient (Wildman–Crippen LogP) is 6.65. The quantitative estimate of drug-likeness (QED) is 0.374. The molecule has 30 heavy (non-hydrogen) atoms. The smallest absolute Gasteiger partial charge is 0.229 e. The Morgan fingerprint density at radius 3 is 2.30 bits per heavy atom. The summed E-state index contributed by atoms with van der Waals surface area (Å²) in [5.41, 5.74) is 3.09. The van der Waals surface area contributed by atoms with Gasteiger partial charge in [0.05, 0.1) is 10.0 Å². The van der Waals surface area contributed by atoms with E-state index >= 15 is 0 Å². The summed E-state index contributed by atoms with van der Waals surface area (Å²) in [5.74, 6) is 0.266. The Kier molecular flexibility index (Phi) is 5.48. The van der Waals surface area contributed by atoms with E-state index in [-0.39, 0.29) is 23.4 Å². The summed E-state index contributed by atoms with van der Waals surface area (Å²) in [6.45, 7) is 1.38. The lowest BCUT2D eigenvalue weighted by molar-refractivity contribution is -0.114. The molecule has 1 amide bonds. The van der Waals surface area contributed by atoms with Crippen molar-refractivity contribution < 1.29 is 14.3 Å². The van der Waals surface area contributed by atoms with Gasteiger partial charge in [-0.2, -0.15) is 0 Å². The fraction of sp³-hybridized carbons (Fsp3) is 0.0435. The minimum atomic E-state index is -0.316. The van der Waals surface area contributed by atoms with E-state index in [1.54, 1.807) is 36.4 Å². The molecule has 1 aromatic heterocycles. The third kappa shape index (κ3) is 3.90. The molecule has 0 unspecified atom stereocenters. The first-order valence-corrected chi connectivity index (χ1v) is 9.81. The van der Waals surface area contributed by atoms with Crippen molar-refractivity contribution in [2.75, 3.05) is 5.32 Å². The third-order valence-corrected chi connectivity index (χ3v) is 5.06. The molecule has 2 N–H and O–H groups in total. The number of oxazole rings is 1. The van der Waals surface area contributed by atoms with Crippen LogP contribution in [0.3, 0.4) is 0 Å². The number of nitrogens with zero attached hydrogens (tertiary/aromatic N) is 1. The monoisotopic (exact) mass is 438 g/mol. The first-order valence-electron chi connectivity index (χ1n) is 9.05. The summed E-state index contributed by atoms with van der Waals surface area (Å²) in [6, 6.07) is 19.5. The van der Waals surface area contributed by atoms with Crippen molar-refractivity contribution >= 4 is 35.0 Å². The second-order valence-electron chi connectivity index (χ2n) is 6.57. The highest BCUT2D eigenvalue weighted by atomic mass is 35.5. The van der Waals surface area contributed by atoms with Crippen LogP contribution in [0.25, 0.3) is 33.8 Å². The van der Waals surface area contributed by atoms with Crippen LogP contribution >= 0.6 is 23.2 Å². The SMILES string of the molecule is CC(=O)Nc1oc(-c2ccccc2-c2cccc(O)c2)nc1-c1c(Cl)cccc1Cl. The standard InChI is InChI=1S/C23H16Cl2N2O3/c1-13(28)26-23-21(20-18(24)10-5-11-19(20)25)27-22(30-23)17-9-3-2-8-16(17)14-6-4-7-15(29)12-14/h2-12,29H,1H3,(H,26,28). The van der Waals surface area contributed by atoms with E-state index in [0.717, 1.165) is 11.1 Å². The molecule has 0 atom stereocenters. The number of nitrogens with one attached hydrogen (secondary N) is 1. The van der Waals surface area contributed by atoms with Crippen LogP contribution < -0.4 is 5.32 Å². The molecular formula is C23H16Cl2N2O3. The zero-order chi connectivity index (χ0) is 21.3. The Bertz CT molecular complexity index is 1230. The second kappa shape index (κ2) is 8.22. The zero-order valence-electron chi connectivity index (χ0n) is 15.8. The van der Waals surface area contributed by atoms with E-state index in [1.807, 2.05) is 30.3 Å².